The largest absolute Gasteiger partial charge is 0.378 e. The Hall–Kier alpha value is -0.340. The van der Waals surface area contributed by atoms with E-state index in [2.05, 4.69) is 6.08 Å². The zero-order chi connectivity index (χ0) is 9.10. The van der Waals surface area contributed by atoms with Crippen molar-refractivity contribution in [3.8, 4) is 0 Å². The van der Waals surface area contributed by atoms with E-state index in [1.807, 2.05) is 0 Å². The lowest BCUT2D eigenvalue weighted by Gasteiger charge is -2.08. The average Bonchev–Trinajstić information content (AvgIpc) is 2.71. The molecule has 2 nitrogen and oxygen atoms in total. The molecule has 1 heterocycles. The highest BCUT2D eigenvalue weighted by Gasteiger charge is 2.17. The van der Waals surface area contributed by atoms with Gasteiger partial charge in [-0.15, -0.1) is 0 Å². The first-order valence-electron chi connectivity index (χ1n) is 5.41. The van der Waals surface area contributed by atoms with Gasteiger partial charge < -0.3 is 10.5 Å². The van der Waals surface area contributed by atoms with Gasteiger partial charge in [0.25, 0.3) is 0 Å². The van der Waals surface area contributed by atoms with Gasteiger partial charge in [0.05, 0.1) is 6.10 Å². The van der Waals surface area contributed by atoms with Crippen LogP contribution < -0.4 is 5.73 Å². The van der Waals surface area contributed by atoms with Gasteiger partial charge in [-0.1, -0.05) is 11.6 Å². The zero-order valence-electron chi connectivity index (χ0n) is 8.17. The summed E-state index contributed by atoms with van der Waals surface area (Å²) in [5, 5.41) is 0. The average molecular weight is 181 g/mol. The van der Waals surface area contributed by atoms with E-state index in [-0.39, 0.29) is 0 Å². The van der Waals surface area contributed by atoms with E-state index >= 15 is 0 Å². The molecule has 1 aliphatic heterocycles. The summed E-state index contributed by atoms with van der Waals surface area (Å²) >= 11 is 0. The maximum atomic E-state index is 5.80. The van der Waals surface area contributed by atoms with Crippen molar-refractivity contribution in [3.05, 3.63) is 11.6 Å². The van der Waals surface area contributed by atoms with Crippen LogP contribution in [-0.4, -0.2) is 18.8 Å². The molecule has 13 heavy (non-hydrogen) atoms. The van der Waals surface area contributed by atoms with Crippen molar-refractivity contribution in [2.45, 2.75) is 50.7 Å². The first kappa shape index (κ1) is 9.22. The Kier molecular flexibility index (Phi) is 3.01. The van der Waals surface area contributed by atoms with E-state index in [0.29, 0.717) is 12.1 Å². The van der Waals surface area contributed by atoms with Crippen molar-refractivity contribution in [2.24, 2.45) is 5.73 Å². The molecule has 2 aliphatic rings. The second-order valence-corrected chi connectivity index (χ2v) is 4.20. The van der Waals surface area contributed by atoms with Crippen LogP contribution in [0, 0.1) is 0 Å². The van der Waals surface area contributed by atoms with Crippen LogP contribution in [0.25, 0.3) is 0 Å². The number of hydrogen-bond donors (Lipinski definition) is 1. The fraction of sp³-hybridized carbons (Fsp3) is 0.818. The summed E-state index contributed by atoms with van der Waals surface area (Å²) in [6.07, 6.45) is 10.1. The molecule has 2 heteroatoms. The highest BCUT2D eigenvalue weighted by molar-refractivity contribution is 5.13. The van der Waals surface area contributed by atoms with E-state index in [0.717, 1.165) is 13.0 Å². The summed E-state index contributed by atoms with van der Waals surface area (Å²) in [7, 11) is 0. The Balaban J connectivity index is 1.70. The van der Waals surface area contributed by atoms with Crippen LogP contribution >= 0.6 is 0 Å². The minimum atomic E-state index is 0.333. The van der Waals surface area contributed by atoms with E-state index in [9.17, 15) is 0 Å². The molecule has 74 valence electrons. The third kappa shape index (κ3) is 2.55. The van der Waals surface area contributed by atoms with Gasteiger partial charge in [-0.05, 0) is 38.5 Å². The van der Waals surface area contributed by atoms with Gasteiger partial charge >= 0.3 is 0 Å². The van der Waals surface area contributed by atoms with Crippen molar-refractivity contribution >= 4 is 0 Å². The molecular weight excluding hydrogens is 162 g/mol. The second kappa shape index (κ2) is 4.25. The summed E-state index contributed by atoms with van der Waals surface area (Å²) in [4.78, 5) is 0. The van der Waals surface area contributed by atoms with Gasteiger partial charge in [0.15, 0.2) is 0 Å². The van der Waals surface area contributed by atoms with Crippen LogP contribution in [0.1, 0.15) is 38.5 Å². The quantitative estimate of drug-likeness (QED) is 0.676. The van der Waals surface area contributed by atoms with Crippen LogP contribution in [-0.2, 0) is 4.74 Å². The molecule has 1 saturated heterocycles. The molecule has 0 saturated carbocycles. The molecule has 0 spiro atoms. The van der Waals surface area contributed by atoms with E-state index in [1.165, 1.54) is 32.1 Å². The van der Waals surface area contributed by atoms with Crippen LogP contribution in [0.5, 0.6) is 0 Å². The third-order valence-electron chi connectivity index (χ3n) is 3.06. The van der Waals surface area contributed by atoms with Gasteiger partial charge in [0.1, 0.15) is 0 Å². The fourth-order valence-corrected chi connectivity index (χ4v) is 2.25. The molecule has 0 amide bonds. The van der Waals surface area contributed by atoms with Crippen molar-refractivity contribution in [3.63, 3.8) is 0 Å². The predicted molar refractivity (Wildman–Crippen MR) is 53.5 cm³/mol. The Labute approximate surface area is 80.1 Å². The molecule has 1 aliphatic carbocycles. The molecule has 0 bridgehead atoms. The predicted octanol–water partition coefficient (Wildman–Crippen LogP) is 1.99. The lowest BCUT2D eigenvalue weighted by atomic mass is 10.1. The summed E-state index contributed by atoms with van der Waals surface area (Å²) in [5.74, 6) is 0. The van der Waals surface area contributed by atoms with Crippen molar-refractivity contribution in [1.82, 2.24) is 0 Å². The van der Waals surface area contributed by atoms with Crippen LogP contribution in [0.15, 0.2) is 11.6 Å². The monoisotopic (exact) mass is 181 g/mol. The molecule has 2 rings (SSSR count). The first-order chi connectivity index (χ1) is 6.34. The maximum Gasteiger partial charge on any atom is 0.0579 e. The van der Waals surface area contributed by atoms with E-state index < -0.39 is 0 Å². The van der Waals surface area contributed by atoms with Crippen LogP contribution in [0.3, 0.4) is 0 Å². The molecule has 0 aromatic rings. The Bertz CT molecular complexity index is 194. The summed E-state index contributed by atoms with van der Waals surface area (Å²) in [6, 6.07) is 0.333. The van der Waals surface area contributed by atoms with Gasteiger partial charge in [-0.2, -0.15) is 0 Å². The van der Waals surface area contributed by atoms with Gasteiger partial charge in [-0.25, -0.2) is 0 Å². The molecule has 0 radical (unpaired) electrons. The number of rotatable bonds is 3. The van der Waals surface area contributed by atoms with Gasteiger partial charge in [0, 0.05) is 12.6 Å². The standard InChI is InChI=1S/C11H19NO/c12-10-5-3-9(8-10)4-6-11-2-1-7-13-11/h8,10-11H,1-7,12H2. The van der Waals surface area contributed by atoms with Gasteiger partial charge in [-0.3, -0.25) is 0 Å². The van der Waals surface area contributed by atoms with Gasteiger partial charge in [0.2, 0.25) is 0 Å². The first-order valence-corrected chi connectivity index (χ1v) is 5.41. The molecule has 1 fully saturated rings. The second-order valence-electron chi connectivity index (χ2n) is 4.20. The van der Waals surface area contributed by atoms with Crippen molar-refractivity contribution in [2.75, 3.05) is 6.61 Å². The van der Waals surface area contributed by atoms with Crippen LogP contribution in [0.4, 0.5) is 0 Å². The van der Waals surface area contributed by atoms with Crippen LogP contribution in [0.2, 0.25) is 0 Å². The zero-order valence-corrected chi connectivity index (χ0v) is 8.17. The lowest BCUT2D eigenvalue weighted by molar-refractivity contribution is 0.104. The molecular formula is C11H19NO. The molecule has 2 unspecified atom stereocenters. The lowest BCUT2D eigenvalue weighted by Crippen LogP contribution is -2.11. The summed E-state index contributed by atoms with van der Waals surface area (Å²) in [5.41, 5.74) is 7.36. The third-order valence-corrected chi connectivity index (χ3v) is 3.06. The maximum absolute atomic E-state index is 5.80. The number of nitrogens with two attached hydrogens (primary N) is 1. The van der Waals surface area contributed by atoms with Crippen molar-refractivity contribution in [1.29, 1.82) is 0 Å². The highest BCUT2D eigenvalue weighted by atomic mass is 16.5. The Morgan fingerprint density at radius 3 is 3.00 bits per heavy atom. The SMILES string of the molecule is NC1C=C(CCC2CCCO2)CC1. The smallest absolute Gasteiger partial charge is 0.0579 e. The van der Waals surface area contributed by atoms with E-state index in [4.69, 9.17) is 10.5 Å². The number of allylic oxidation sites excluding steroid dienone is 1. The molecule has 2 atom stereocenters. The van der Waals surface area contributed by atoms with Crippen molar-refractivity contribution < 1.29 is 4.74 Å². The topological polar surface area (TPSA) is 35.2 Å². The Morgan fingerprint density at radius 2 is 2.38 bits per heavy atom. The number of hydrogen-bond acceptors (Lipinski definition) is 2. The molecule has 2 N–H and O–H groups in total. The molecule has 0 aromatic carbocycles. The highest BCUT2D eigenvalue weighted by Crippen LogP contribution is 2.25. The number of ether oxygens (including phenoxy) is 1. The summed E-state index contributed by atoms with van der Waals surface area (Å²) < 4.78 is 5.58. The normalized spacial score (nSPS) is 33.8. The van der Waals surface area contributed by atoms with E-state index in [1.54, 1.807) is 5.57 Å². The minimum Gasteiger partial charge on any atom is -0.378 e. The Morgan fingerprint density at radius 1 is 1.46 bits per heavy atom. The minimum absolute atomic E-state index is 0.333. The molecule has 0 aromatic heterocycles. The fourth-order valence-electron chi connectivity index (χ4n) is 2.25. The summed E-state index contributed by atoms with van der Waals surface area (Å²) in [6.45, 7) is 0.975.